The quantitative estimate of drug-likeness (QED) is 0.517. The van der Waals surface area contributed by atoms with Gasteiger partial charge in [0.1, 0.15) is 22.3 Å². The number of anilines is 1. The lowest BCUT2D eigenvalue weighted by Gasteiger charge is -2.08. The zero-order chi connectivity index (χ0) is 18.4. The molecule has 0 spiro atoms. The highest BCUT2D eigenvalue weighted by atomic mass is 35.5. The summed E-state index contributed by atoms with van der Waals surface area (Å²) < 4.78 is 5.33. The van der Waals surface area contributed by atoms with Crippen molar-refractivity contribution in [2.45, 2.75) is 0 Å². The Bertz CT molecular complexity index is 947. The molecule has 1 amide bonds. The molecular weight excluding hydrogens is 354 g/mol. The molecule has 7 nitrogen and oxygen atoms in total. The van der Waals surface area contributed by atoms with Crippen LogP contribution in [0, 0.1) is 0 Å². The van der Waals surface area contributed by atoms with Crippen LogP contribution in [-0.2, 0) is 0 Å². The van der Waals surface area contributed by atoms with E-state index in [9.17, 15) is 4.79 Å². The average molecular weight is 368 g/mol. The molecule has 0 unspecified atom stereocenters. The first kappa shape index (κ1) is 17.5. The molecule has 1 aromatic carbocycles. The molecule has 0 fully saturated rings. The smallest absolute Gasteiger partial charge is 0.274 e. The first-order valence-electron chi connectivity index (χ1n) is 7.59. The van der Waals surface area contributed by atoms with Gasteiger partial charge in [0.15, 0.2) is 0 Å². The van der Waals surface area contributed by atoms with Crippen LogP contribution in [0.3, 0.4) is 0 Å². The second-order valence-electron chi connectivity index (χ2n) is 5.09. The molecule has 0 aliphatic carbocycles. The molecule has 0 saturated heterocycles. The number of carbonyl (C=O) groups is 1. The van der Waals surface area contributed by atoms with Crippen LogP contribution < -0.4 is 10.1 Å². The number of pyridine rings is 2. The monoisotopic (exact) mass is 367 g/mol. The Morgan fingerprint density at radius 2 is 1.96 bits per heavy atom. The highest BCUT2D eigenvalue weighted by Crippen LogP contribution is 2.32. The van der Waals surface area contributed by atoms with Gasteiger partial charge in [-0.05, 0) is 30.3 Å². The summed E-state index contributed by atoms with van der Waals surface area (Å²) in [7, 11) is 1.52. The van der Waals surface area contributed by atoms with Crippen LogP contribution in [0.1, 0.15) is 10.5 Å². The number of azo groups is 1. The van der Waals surface area contributed by atoms with Crippen LogP contribution >= 0.6 is 11.6 Å². The van der Waals surface area contributed by atoms with E-state index in [2.05, 4.69) is 25.5 Å². The number of ether oxygens (including phenoxy) is 1. The fourth-order valence-electron chi connectivity index (χ4n) is 2.10. The zero-order valence-corrected chi connectivity index (χ0v) is 14.5. The third-order valence-electron chi connectivity index (χ3n) is 3.32. The van der Waals surface area contributed by atoms with E-state index in [-0.39, 0.29) is 5.91 Å². The average Bonchev–Trinajstić information content (AvgIpc) is 2.67. The molecule has 0 aliphatic heterocycles. The Labute approximate surface area is 154 Å². The van der Waals surface area contributed by atoms with Crippen LogP contribution in [-0.4, -0.2) is 23.0 Å². The number of halogens is 1. The number of aromatic nitrogens is 2. The molecule has 0 saturated carbocycles. The van der Waals surface area contributed by atoms with Gasteiger partial charge in [0.05, 0.1) is 12.8 Å². The summed E-state index contributed by atoms with van der Waals surface area (Å²) in [5.41, 5.74) is 1.96. The van der Waals surface area contributed by atoms with Crippen molar-refractivity contribution in [3.63, 3.8) is 0 Å². The number of rotatable bonds is 5. The van der Waals surface area contributed by atoms with E-state index in [1.54, 1.807) is 60.9 Å². The summed E-state index contributed by atoms with van der Waals surface area (Å²) >= 11 is 5.82. The normalized spacial score (nSPS) is 10.7. The predicted octanol–water partition coefficient (Wildman–Crippen LogP) is 4.81. The molecule has 2 heterocycles. The molecule has 3 rings (SSSR count). The van der Waals surface area contributed by atoms with E-state index in [0.29, 0.717) is 33.7 Å². The van der Waals surface area contributed by atoms with Crippen LogP contribution in [0.15, 0.2) is 71.2 Å². The number of carbonyl (C=O) groups excluding carboxylic acids is 1. The van der Waals surface area contributed by atoms with Gasteiger partial charge >= 0.3 is 0 Å². The third-order valence-corrected chi connectivity index (χ3v) is 3.53. The van der Waals surface area contributed by atoms with Crippen molar-refractivity contribution in [1.82, 2.24) is 9.97 Å². The van der Waals surface area contributed by atoms with Crippen LogP contribution in [0.2, 0.25) is 5.15 Å². The van der Waals surface area contributed by atoms with E-state index < -0.39 is 0 Å². The summed E-state index contributed by atoms with van der Waals surface area (Å²) in [5.74, 6) is 0.154. The number of benzene rings is 1. The molecule has 26 heavy (non-hydrogen) atoms. The number of hydrogen-bond donors (Lipinski definition) is 1. The van der Waals surface area contributed by atoms with Crippen molar-refractivity contribution in [3.05, 3.63) is 71.8 Å². The summed E-state index contributed by atoms with van der Waals surface area (Å²) in [6, 6.07) is 13.5. The van der Waals surface area contributed by atoms with Gasteiger partial charge in [0.2, 0.25) is 0 Å². The molecule has 130 valence electrons. The van der Waals surface area contributed by atoms with E-state index in [1.165, 1.54) is 7.11 Å². The van der Waals surface area contributed by atoms with Crippen LogP contribution in [0.25, 0.3) is 0 Å². The lowest BCUT2D eigenvalue weighted by molar-refractivity contribution is 0.102. The topological polar surface area (TPSA) is 88.8 Å². The fraction of sp³-hybridized carbons (Fsp3) is 0.0556. The minimum atomic E-state index is -0.312. The van der Waals surface area contributed by atoms with Crippen molar-refractivity contribution < 1.29 is 9.53 Å². The summed E-state index contributed by atoms with van der Waals surface area (Å²) in [6.07, 6.45) is 3.11. The molecule has 0 atom stereocenters. The SMILES string of the molecule is COc1cc(NC(=O)c2ccccn2)ccc1/N=N/c1ccnc(Cl)c1. The van der Waals surface area contributed by atoms with Crippen LogP contribution in [0.4, 0.5) is 17.1 Å². The zero-order valence-electron chi connectivity index (χ0n) is 13.8. The minimum Gasteiger partial charge on any atom is -0.494 e. The number of nitrogens with one attached hydrogen (secondary N) is 1. The number of methoxy groups -OCH3 is 1. The minimum absolute atomic E-state index is 0.312. The summed E-state index contributed by atoms with van der Waals surface area (Å²) in [5, 5.41) is 11.4. The summed E-state index contributed by atoms with van der Waals surface area (Å²) in [6.45, 7) is 0. The number of hydrogen-bond acceptors (Lipinski definition) is 6. The van der Waals surface area contributed by atoms with Crippen molar-refractivity contribution in [2.75, 3.05) is 12.4 Å². The maximum atomic E-state index is 12.2. The highest BCUT2D eigenvalue weighted by Gasteiger charge is 2.09. The second-order valence-corrected chi connectivity index (χ2v) is 5.48. The largest absolute Gasteiger partial charge is 0.494 e. The maximum absolute atomic E-state index is 12.2. The molecule has 2 aromatic heterocycles. The van der Waals surface area contributed by atoms with Gasteiger partial charge in [0, 0.05) is 30.2 Å². The van der Waals surface area contributed by atoms with Gasteiger partial charge < -0.3 is 10.1 Å². The van der Waals surface area contributed by atoms with Crippen molar-refractivity contribution >= 4 is 34.6 Å². The standard InChI is InChI=1S/C18H14ClN5O2/c1-26-16-10-12(22-18(25)15-4-2-3-8-20-15)5-6-14(16)24-23-13-7-9-21-17(19)11-13/h2-11H,1H3,(H,22,25)/b24-23+. The third kappa shape index (κ3) is 4.40. The fourth-order valence-corrected chi connectivity index (χ4v) is 2.26. The first-order valence-corrected chi connectivity index (χ1v) is 7.97. The van der Waals surface area contributed by atoms with Crippen molar-refractivity contribution in [1.29, 1.82) is 0 Å². The van der Waals surface area contributed by atoms with E-state index in [4.69, 9.17) is 16.3 Å². The molecule has 0 bridgehead atoms. The molecule has 3 aromatic rings. The number of nitrogens with zero attached hydrogens (tertiary/aromatic N) is 4. The van der Waals surface area contributed by atoms with Crippen LogP contribution in [0.5, 0.6) is 5.75 Å². The molecule has 0 aliphatic rings. The van der Waals surface area contributed by atoms with Gasteiger partial charge in [-0.3, -0.25) is 9.78 Å². The molecule has 8 heteroatoms. The summed E-state index contributed by atoms with van der Waals surface area (Å²) in [4.78, 5) is 20.1. The Hall–Kier alpha value is -3.32. The van der Waals surface area contributed by atoms with Crippen molar-refractivity contribution in [3.8, 4) is 5.75 Å². The van der Waals surface area contributed by atoms with E-state index >= 15 is 0 Å². The Morgan fingerprint density at radius 3 is 2.69 bits per heavy atom. The lowest BCUT2D eigenvalue weighted by Crippen LogP contribution is -2.13. The highest BCUT2D eigenvalue weighted by molar-refractivity contribution is 6.29. The number of amides is 1. The molecule has 1 N–H and O–H groups in total. The molecule has 0 radical (unpaired) electrons. The Kier molecular flexibility index (Phi) is 5.50. The van der Waals surface area contributed by atoms with E-state index in [1.807, 2.05) is 0 Å². The van der Waals surface area contributed by atoms with Gasteiger partial charge in [-0.2, -0.15) is 5.11 Å². The van der Waals surface area contributed by atoms with Gasteiger partial charge in [-0.15, -0.1) is 5.11 Å². The Morgan fingerprint density at radius 1 is 1.08 bits per heavy atom. The second kappa shape index (κ2) is 8.17. The van der Waals surface area contributed by atoms with Crippen molar-refractivity contribution in [2.24, 2.45) is 10.2 Å². The van der Waals surface area contributed by atoms with Gasteiger partial charge in [0.25, 0.3) is 5.91 Å². The van der Waals surface area contributed by atoms with E-state index in [0.717, 1.165) is 0 Å². The lowest BCUT2D eigenvalue weighted by atomic mass is 10.2. The molecular formula is C18H14ClN5O2. The van der Waals surface area contributed by atoms with Gasteiger partial charge in [-0.1, -0.05) is 17.7 Å². The predicted molar refractivity (Wildman–Crippen MR) is 98.6 cm³/mol. The Balaban J connectivity index is 1.78. The maximum Gasteiger partial charge on any atom is 0.274 e. The van der Waals surface area contributed by atoms with Gasteiger partial charge in [-0.25, -0.2) is 4.98 Å². The first-order chi connectivity index (χ1) is 12.7.